The number of nitrogens with zero attached hydrogens (tertiary/aromatic N) is 1. The van der Waals surface area contributed by atoms with Gasteiger partial charge in [-0.2, -0.15) is 0 Å². The van der Waals surface area contributed by atoms with Crippen molar-refractivity contribution in [2.45, 2.75) is 139 Å². The minimum atomic E-state index is -1.06. The van der Waals surface area contributed by atoms with Gasteiger partial charge in [-0.25, -0.2) is 14.4 Å². The van der Waals surface area contributed by atoms with Crippen molar-refractivity contribution >= 4 is 18.4 Å². The molecule has 0 unspecified atom stereocenters. The van der Waals surface area contributed by atoms with E-state index in [0.717, 1.165) is 6.42 Å². The Bertz CT molecular complexity index is 791. The lowest BCUT2D eigenvalue weighted by molar-refractivity contribution is -0.0294. The number of rotatable bonds is 2. The number of aliphatic hydroxyl groups is 2. The normalized spacial score (nSPS) is 21.7. The van der Waals surface area contributed by atoms with Crippen LogP contribution in [0.5, 0.6) is 0 Å². The average Bonchev–Trinajstić information content (AvgIpc) is 3.22. The second-order valence-corrected chi connectivity index (χ2v) is 15.3. The summed E-state index contributed by atoms with van der Waals surface area (Å²) in [6, 6.07) is -0.107. The van der Waals surface area contributed by atoms with Gasteiger partial charge in [-0.1, -0.05) is 27.7 Å². The first-order chi connectivity index (χ1) is 17.8. The van der Waals surface area contributed by atoms with E-state index in [1.807, 2.05) is 20.8 Å². The highest BCUT2D eigenvalue weighted by Gasteiger charge is 2.41. The minimum absolute atomic E-state index is 0.00265. The van der Waals surface area contributed by atoms with Gasteiger partial charge in [0.05, 0.1) is 12.6 Å². The number of hydrogen-bond acceptors (Lipinski definition) is 9. The van der Waals surface area contributed by atoms with Crippen LogP contribution in [0.2, 0.25) is 0 Å². The SMILES string of the molecule is CC(C)(C)OC(=O)OC(=O)OC(C)(C)C.CC1(C)CC[C@H](CO)C1.CC1(C)C[C@@H](CO)N(C(=O)OC(C)(C)C)C1. The Morgan fingerprint density at radius 1 is 0.725 bits per heavy atom. The van der Waals surface area contributed by atoms with Crippen LogP contribution in [0.1, 0.15) is 116 Å². The Hall–Kier alpha value is -2.07. The van der Waals surface area contributed by atoms with Crippen LogP contribution in [0.3, 0.4) is 0 Å². The molecular weight excluding hydrogens is 518 g/mol. The predicted molar refractivity (Wildman–Crippen MR) is 154 cm³/mol. The van der Waals surface area contributed by atoms with Gasteiger partial charge in [-0.05, 0) is 105 Å². The van der Waals surface area contributed by atoms with Gasteiger partial charge in [0.15, 0.2) is 0 Å². The Morgan fingerprint density at radius 2 is 1.18 bits per heavy atom. The van der Waals surface area contributed by atoms with E-state index in [9.17, 15) is 19.5 Å². The molecule has 1 saturated carbocycles. The van der Waals surface area contributed by atoms with E-state index in [2.05, 4.69) is 32.4 Å². The summed E-state index contributed by atoms with van der Waals surface area (Å²) < 4.78 is 19.1. The summed E-state index contributed by atoms with van der Waals surface area (Å²) in [5.74, 6) is 0.597. The van der Waals surface area contributed by atoms with E-state index in [1.54, 1.807) is 46.4 Å². The lowest BCUT2D eigenvalue weighted by Gasteiger charge is -2.28. The van der Waals surface area contributed by atoms with Crippen LogP contribution < -0.4 is 0 Å². The zero-order chi connectivity index (χ0) is 31.7. The predicted octanol–water partition coefficient (Wildman–Crippen LogP) is 6.69. The highest BCUT2D eigenvalue weighted by Crippen LogP contribution is 2.40. The van der Waals surface area contributed by atoms with Crippen molar-refractivity contribution < 1.29 is 43.5 Å². The number of amides is 1. The third-order valence-corrected chi connectivity index (χ3v) is 5.94. The maximum atomic E-state index is 11.9. The van der Waals surface area contributed by atoms with E-state index in [1.165, 1.54) is 19.3 Å². The van der Waals surface area contributed by atoms with Crippen LogP contribution in [-0.2, 0) is 18.9 Å². The third-order valence-electron chi connectivity index (χ3n) is 5.94. The van der Waals surface area contributed by atoms with Crippen molar-refractivity contribution in [3.05, 3.63) is 0 Å². The molecule has 2 rings (SSSR count). The molecule has 0 aromatic rings. The molecule has 0 bridgehead atoms. The van der Waals surface area contributed by atoms with E-state index in [0.29, 0.717) is 24.5 Å². The molecule has 0 spiro atoms. The molecule has 2 fully saturated rings. The molecular formula is C30H57NO9. The topological polar surface area (TPSA) is 132 Å². The van der Waals surface area contributed by atoms with Crippen LogP contribution in [0.25, 0.3) is 0 Å². The second-order valence-electron chi connectivity index (χ2n) is 15.3. The molecule has 0 radical (unpaired) electrons. The second kappa shape index (κ2) is 14.7. The molecule has 0 aromatic carbocycles. The van der Waals surface area contributed by atoms with Crippen LogP contribution >= 0.6 is 0 Å². The Kier molecular flexibility index (Phi) is 13.9. The third kappa shape index (κ3) is 17.6. The van der Waals surface area contributed by atoms with Gasteiger partial charge in [-0.15, -0.1) is 0 Å². The van der Waals surface area contributed by atoms with Crippen molar-refractivity contribution in [3.8, 4) is 0 Å². The monoisotopic (exact) mass is 575 g/mol. The molecule has 10 heteroatoms. The molecule has 2 N–H and O–H groups in total. The minimum Gasteiger partial charge on any atom is -0.444 e. The summed E-state index contributed by atoms with van der Waals surface area (Å²) in [5.41, 5.74) is -1.31. The van der Waals surface area contributed by atoms with Crippen molar-refractivity contribution in [2.24, 2.45) is 16.7 Å². The molecule has 236 valence electrons. The average molecular weight is 576 g/mol. The summed E-state index contributed by atoms with van der Waals surface area (Å²) in [6.45, 7) is 25.4. The summed E-state index contributed by atoms with van der Waals surface area (Å²) >= 11 is 0. The molecule has 1 aliphatic carbocycles. The number of carbonyl (C=O) groups is 3. The first kappa shape index (κ1) is 37.9. The van der Waals surface area contributed by atoms with Gasteiger partial charge in [-0.3, -0.25) is 0 Å². The van der Waals surface area contributed by atoms with Gasteiger partial charge in [0.1, 0.15) is 16.8 Å². The van der Waals surface area contributed by atoms with E-state index in [-0.39, 0.29) is 24.2 Å². The number of carbonyl (C=O) groups excluding carboxylic acids is 3. The quantitative estimate of drug-likeness (QED) is 0.210. The van der Waals surface area contributed by atoms with Gasteiger partial charge in [0.2, 0.25) is 0 Å². The van der Waals surface area contributed by atoms with Crippen LogP contribution in [-0.4, -0.2) is 76.1 Å². The zero-order valence-electron chi connectivity index (χ0n) is 27.3. The largest absolute Gasteiger partial charge is 0.519 e. The molecule has 2 atom stereocenters. The first-order valence-corrected chi connectivity index (χ1v) is 14.1. The highest BCUT2D eigenvalue weighted by atomic mass is 16.8. The Labute approximate surface area is 242 Å². The highest BCUT2D eigenvalue weighted by molar-refractivity contribution is 5.77. The number of likely N-dealkylation sites (tertiary alicyclic amines) is 1. The van der Waals surface area contributed by atoms with E-state index >= 15 is 0 Å². The number of aliphatic hydroxyl groups excluding tert-OH is 2. The lowest BCUT2D eigenvalue weighted by Crippen LogP contribution is -2.41. The molecule has 0 aromatic heterocycles. The molecule has 1 aliphatic heterocycles. The zero-order valence-corrected chi connectivity index (χ0v) is 27.3. The standard InChI is InChI=1S/C12H23NO3.C10H18O5.C8H16O/c1-11(2,3)16-10(15)13-8-12(4,5)6-9(13)7-14;1-9(2,3)14-7(11)13-8(12)15-10(4,5)6;1-8(2)4-3-7(5-8)6-9/h9,14H,6-8H2,1-5H3;1-6H3;7,9H,3-6H2,1-2H3/t9-;;7-/m0.0/s1. The van der Waals surface area contributed by atoms with Crippen LogP contribution in [0, 0.1) is 16.7 Å². The van der Waals surface area contributed by atoms with Gasteiger partial charge >= 0.3 is 18.4 Å². The van der Waals surface area contributed by atoms with Crippen molar-refractivity contribution in [2.75, 3.05) is 19.8 Å². The molecule has 1 heterocycles. The van der Waals surface area contributed by atoms with Crippen molar-refractivity contribution in [1.29, 1.82) is 0 Å². The van der Waals surface area contributed by atoms with Crippen LogP contribution in [0.4, 0.5) is 14.4 Å². The van der Waals surface area contributed by atoms with Crippen molar-refractivity contribution in [1.82, 2.24) is 4.90 Å². The summed E-state index contributed by atoms with van der Waals surface area (Å²) in [6.07, 6.45) is 2.11. The Balaban J connectivity index is 0.000000592. The van der Waals surface area contributed by atoms with Gasteiger partial charge in [0.25, 0.3) is 0 Å². The summed E-state index contributed by atoms with van der Waals surface area (Å²) in [7, 11) is 0. The van der Waals surface area contributed by atoms with E-state index < -0.39 is 29.1 Å². The fraction of sp³-hybridized carbons (Fsp3) is 0.900. The first-order valence-electron chi connectivity index (χ1n) is 14.1. The molecule has 40 heavy (non-hydrogen) atoms. The molecule has 1 saturated heterocycles. The maximum absolute atomic E-state index is 11.9. The fourth-order valence-electron chi connectivity index (χ4n) is 4.45. The van der Waals surface area contributed by atoms with Crippen LogP contribution in [0.15, 0.2) is 0 Å². The molecule has 2 aliphatic rings. The smallest absolute Gasteiger partial charge is 0.444 e. The van der Waals surface area contributed by atoms with Gasteiger partial charge in [0, 0.05) is 13.2 Å². The molecule has 10 nitrogen and oxygen atoms in total. The summed E-state index contributed by atoms with van der Waals surface area (Å²) in [4.78, 5) is 35.6. The van der Waals surface area contributed by atoms with Crippen molar-refractivity contribution in [3.63, 3.8) is 0 Å². The van der Waals surface area contributed by atoms with Gasteiger partial charge < -0.3 is 34.1 Å². The van der Waals surface area contributed by atoms with E-state index in [4.69, 9.17) is 19.3 Å². The lowest BCUT2D eigenvalue weighted by atomic mass is 9.91. The number of hydrogen-bond donors (Lipinski definition) is 2. The Morgan fingerprint density at radius 3 is 1.48 bits per heavy atom. The maximum Gasteiger partial charge on any atom is 0.519 e. The number of ether oxygens (including phenoxy) is 4. The molecule has 1 amide bonds. The summed E-state index contributed by atoms with van der Waals surface area (Å²) in [5, 5.41) is 18.1. The fourth-order valence-corrected chi connectivity index (χ4v) is 4.45.